The van der Waals surface area contributed by atoms with E-state index in [4.69, 9.17) is 10.2 Å². The molecule has 0 radical (unpaired) electrons. The van der Waals surface area contributed by atoms with E-state index in [1.54, 1.807) is 11.3 Å². The number of aromatic nitrogens is 1. The Morgan fingerprint density at radius 3 is 3.00 bits per heavy atom. The topological polar surface area (TPSA) is 81.1 Å². The van der Waals surface area contributed by atoms with Gasteiger partial charge in [-0.3, -0.25) is 4.79 Å². The number of nitrogens with one attached hydrogen (secondary N) is 1. The molecule has 0 saturated carbocycles. The molecule has 0 bridgehead atoms. The van der Waals surface area contributed by atoms with Crippen molar-refractivity contribution >= 4 is 17.2 Å². The third-order valence-electron chi connectivity index (χ3n) is 2.61. The predicted molar refractivity (Wildman–Crippen MR) is 74.8 cm³/mol. The van der Waals surface area contributed by atoms with E-state index in [9.17, 15) is 4.79 Å². The van der Waals surface area contributed by atoms with Crippen LogP contribution >= 0.6 is 11.3 Å². The van der Waals surface area contributed by atoms with Crippen LogP contribution in [0.4, 0.5) is 0 Å². The van der Waals surface area contributed by atoms with Gasteiger partial charge in [0.05, 0.1) is 17.0 Å². The Morgan fingerprint density at radius 1 is 1.58 bits per heavy atom. The Bertz CT molecular complexity index is 546. The van der Waals surface area contributed by atoms with E-state index >= 15 is 0 Å². The van der Waals surface area contributed by atoms with Crippen LogP contribution < -0.4 is 11.1 Å². The summed E-state index contributed by atoms with van der Waals surface area (Å²) in [6.45, 7) is 4.15. The summed E-state index contributed by atoms with van der Waals surface area (Å²) in [7, 11) is 0. The van der Waals surface area contributed by atoms with Crippen molar-refractivity contribution in [2.75, 3.05) is 6.54 Å². The summed E-state index contributed by atoms with van der Waals surface area (Å²) in [5, 5.41) is 4.81. The molecule has 0 saturated heterocycles. The number of hydrogen-bond acceptors (Lipinski definition) is 5. The molecule has 1 amide bonds. The van der Waals surface area contributed by atoms with Crippen LogP contribution in [0.5, 0.6) is 0 Å². The van der Waals surface area contributed by atoms with Gasteiger partial charge in [0, 0.05) is 12.1 Å². The van der Waals surface area contributed by atoms with Crippen molar-refractivity contribution in [3.05, 3.63) is 29.5 Å². The van der Waals surface area contributed by atoms with Crippen molar-refractivity contribution in [1.29, 1.82) is 0 Å². The van der Waals surface area contributed by atoms with E-state index in [-0.39, 0.29) is 12.3 Å². The highest BCUT2D eigenvalue weighted by molar-refractivity contribution is 7.13. The van der Waals surface area contributed by atoms with Crippen LogP contribution in [-0.4, -0.2) is 23.0 Å². The molecule has 3 N–H and O–H groups in total. The van der Waals surface area contributed by atoms with Gasteiger partial charge in [0.2, 0.25) is 11.8 Å². The molecule has 0 fully saturated rings. The standard InChI is InChI=1S/C13H17N3O2S/c1-13(2,8-14)16-11(17)6-9-7-18-12(15-9)10-4-3-5-19-10/h3-5,7H,6,8,14H2,1-2H3,(H,16,17). The first-order chi connectivity index (χ1) is 9.00. The summed E-state index contributed by atoms with van der Waals surface area (Å²) in [6, 6.07) is 3.86. The van der Waals surface area contributed by atoms with Crippen LogP contribution in [0.2, 0.25) is 0 Å². The molecular formula is C13H17N3O2S. The van der Waals surface area contributed by atoms with Crippen LogP contribution in [0.1, 0.15) is 19.5 Å². The summed E-state index contributed by atoms with van der Waals surface area (Å²) in [6.07, 6.45) is 1.71. The minimum atomic E-state index is -0.405. The average molecular weight is 279 g/mol. The molecule has 5 nitrogen and oxygen atoms in total. The Kier molecular flexibility index (Phi) is 4.01. The van der Waals surface area contributed by atoms with Gasteiger partial charge in [-0.15, -0.1) is 11.3 Å². The highest BCUT2D eigenvalue weighted by Crippen LogP contribution is 2.23. The average Bonchev–Trinajstić information content (AvgIpc) is 2.97. The molecule has 19 heavy (non-hydrogen) atoms. The molecule has 0 aromatic carbocycles. The number of carbonyl (C=O) groups excluding carboxylic acids is 1. The fourth-order valence-corrected chi connectivity index (χ4v) is 2.19. The number of amides is 1. The summed E-state index contributed by atoms with van der Waals surface area (Å²) >= 11 is 1.55. The Hall–Kier alpha value is -1.66. The summed E-state index contributed by atoms with van der Waals surface area (Å²) < 4.78 is 5.36. The van der Waals surface area contributed by atoms with Gasteiger partial charge in [-0.2, -0.15) is 0 Å². The van der Waals surface area contributed by atoms with Gasteiger partial charge in [-0.1, -0.05) is 6.07 Å². The monoisotopic (exact) mass is 279 g/mol. The molecule has 0 spiro atoms. The molecule has 6 heteroatoms. The van der Waals surface area contributed by atoms with E-state index in [2.05, 4.69) is 10.3 Å². The maximum Gasteiger partial charge on any atom is 0.236 e. The third-order valence-corrected chi connectivity index (χ3v) is 3.47. The number of nitrogens with zero attached hydrogens (tertiary/aromatic N) is 1. The quantitative estimate of drug-likeness (QED) is 0.874. The number of rotatable bonds is 5. The predicted octanol–water partition coefficient (Wildman–Crippen LogP) is 1.80. The van der Waals surface area contributed by atoms with Crippen LogP contribution in [0.3, 0.4) is 0 Å². The minimum Gasteiger partial charge on any atom is -0.444 e. The second-order valence-electron chi connectivity index (χ2n) is 4.93. The normalized spacial score (nSPS) is 11.5. The van der Waals surface area contributed by atoms with E-state index in [1.165, 1.54) is 6.26 Å². The van der Waals surface area contributed by atoms with Gasteiger partial charge in [0.1, 0.15) is 6.26 Å². The zero-order chi connectivity index (χ0) is 13.9. The van der Waals surface area contributed by atoms with Gasteiger partial charge in [0.25, 0.3) is 0 Å². The first-order valence-electron chi connectivity index (χ1n) is 5.99. The molecule has 0 atom stereocenters. The number of carbonyl (C=O) groups is 1. The van der Waals surface area contributed by atoms with Crippen molar-refractivity contribution in [2.45, 2.75) is 25.8 Å². The zero-order valence-corrected chi connectivity index (χ0v) is 11.8. The number of oxazole rings is 1. The van der Waals surface area contributed by atoms with Gasteiger partial charge in [-0.25, -0.2) is 4.98 Å². The van der Waals surface area contributed by atoms with Crippen molar-refractivity contribution in [3.63, 3.8) is 0 Å². The molecule has 2 aromatic heterocycles. The summed E-state index contributed by atoms with van der Waals surface area (Å²) in [4.78, 5) is 17.1. The van der Waals surface area contributed by atoms with E-state index in [1.807, 2.05) is 31.4 Å². The number of nitrogens with two attached hydrogens (primary N) is 1. The Labute approximate surface area is 115 Å². The molecule has 2 aromatic rings. The van der Waals surface area contributed by atoms with Crippen molar-refractivity contribution in [3.8, 4) is 10.8 Å². The molecule has 0 unspecified atom stereocenters. The largest absolute Gasteiger partial charge is 0.444 e. The minimum absolute atomic E-state index is 0.110. The second-order valence-corrected chi connectivity index (χ2v) is 5.88. The van der Waals surface area contributed by atoms with Crippen LogP contribution in [0, 0.1) is 0 Å². The lowest BCUT2D eigenvalue weighted by molar-refractivity contribution is -0.121. The molecule has 2 rings (SSSR count). The highest BCUT2D eigenvalue weighted by Gasteiger charge is 2.19. The summed E-state index contributed by atoms with van der Waals surface area (Å²) in [5.74, 6) is 0.442. The first-order valence-corrected chi connectivity index (χ1v) is 6.87. The molecular weight excluding hydrogens is 262 g/mol. The maximum atomic E-state index is 11.8. The lowest BCUT2D eigenvalue weighted by Gasteiger charge is -2.23. The van der Waals surface area contributed by atoms with Crippen LogP contribution in [-0.2, 0) is 11.2 Å². The molecule has 0 aliphatic heterocycles. The second kappa shape index (κ2) is 5.54. The molecule has 2 heterocycles. The highest BCUT2D eigenvalue weighted by atomic mass is 32.1. The first kappa shape index (κ1) is 13.8. The van der Waals surface area contributed by atoms with Gasteiger partial charge < -0.3 is 15.5 Å². The number of hydrogen-bond donors (Lipinski definition) is 2. The van der Waals surface area contributed by atoms with Crippen molar-refractivity contribution in [1.82, 2.24) is 10.3 Å². The molecule has 0 aliphatic rings. The zero-order valence-electron chi connectivity index (χ0n) is 11.0. The van der Waals surface area contributed by atoms with Crippen LogP contribution in [0.25, 0.3) is 10.8 Å². The third kappa shape index (κ3) is 3.65. The van der Waals surface area contributed by atoms with E-state index in [0.717, 1.165) is 4.88 Å². The number of thiophene rings is 1. The van der Waals surface area contributed by atoms with Gasteiger partial charge in [0.15, 0.2) is 0 Å². The van der Waals surface area contributed by atoms with E-state index in [0.29, 0.717) is 18.1 Å². The Balaban J connectivity index is 1.99. The molecule has 0 aliphatic carbocycles. The Morgan fingerprint density at radius 2 is 2.37 bits per heavy atom. The molecule has 102 valence electrons. The maximum absolute atomic E-state index is 11.8. The van der Waals surface area contributed by atoms with Crippen LogP contribution in [0.15, 0.2) is 28.2 Å². The summed E-state index contributed by atoms with van der Waals surface area (Å²) in [5.41, 5.74) is 5.78. The van der Waals surface area contributed by atoms with Crippen molar-refractivity contribution in [2.24, 2.45) is 5.73 Å². The smallest absolute Gasteiger partial charge is 0.236 e. The van der Waals surface area contributed by atoms with Gasteiger partial charge >= 0.3 is 0 Å². The van der Waals surface area contributed by atoms with E-state index < -0.39 is 5.54 Å². The fourth-order valence-electron chi connectivity index (χ4n) is 1.54. The lowest BCUT2D eigenvalue weighted by atomic mass is 10.1. The fraction of sp³-hybridized carbons (Fsp3) is 0.385. The van der Waals surface area contributed by atoms with Crippen molar-refractivity contribution < 1.29 is 9.21 Å². The van der Waals surface area contributed by atoms with Gasteiger partial charge in [-0.05, 0) is 25.3 Å². The SMILES string of the molecule is CC(C)(CN)NC(=O)Cc1coc(-c2cccs2)n1. The lowest BCUT2D eigenvalue weighted by Crippen LogP contribution is -2.49.